The van der Waals surface area contributed by atoms with Gasteiger partial charge in [0.25, 0.3) is 5.91 Å². The Morgan fingerprint density at radius 2 is 1.91 bits per heavy atom. The van der Waals surface area contributed by atoms with Gasteiger partial charge in [0.05, 0.1) is 13.2 Å². The summed E-state index contributed by atoms with van der Waals surface area (Å²) < 4.78 is 19.2. The molecule has 1 aliphatic carbocycles. The first-order valence-corrected chi connectivity index (χ1v) is 12.0. The Hall–Kier alpha value is -2.68. The molecule has 3 amide bonds. The number of nitrogens with two attached hydrogens (primary N) is 1. The molecule has 2 aromatic rings. The van der Waals surface area contributed by atoms with Gasteiger partial charge in [0.2, 0.25) is 0 Å². The van der Waals surface area contributed by atoms with Crippen molar-refractivity contribution in [3.05, 3.63) is 64.4 Å². The van der Waals surface area contributed by atoms with E-state index in [1.54, 1.807) is 34.1 Å². The number of carbonyl (C=O) groups is 2. The van der Waals surface area contributed by atoms with Gasteiger partial charge in [-0.2, -0.15) is 0 Å². The van der Waals surface area contributed by atoms with Crippen molar-refractivity contribution in [1.29, 1.82) is 0 Å². The molecule has 3 N–H and O–H groups in total. The zero-order valence-electron chi connectivity index (χ0n) is 19.0. The van der Waals surface area contributed by atoms with Gasteiger partial charge >= 0.3 is 6.03 Å². The van der Waals surface area contributed by atoms with E-state index in [1.165, 1.54) is 18.2 Å². The second-order valence-electron chi connectivity index (χ2n) is 8.79. The molecule has 0 radical (unpaired) electrons. The van der Waals surface area contributed by atoms with Gasteiger partial charge in [-0.1, -0.05) is 30.5 Å². The summed E-state index contributed by atoms with van der Waals surface area (Å²) in [6.45, 7) is 2.29. The van der Waals surface area contributed by atoms with Crippen molar-refractivity contribution in [2.45, 2.75) is 44.3 Å². The monoisotopic (exact) mass is 488 g/mol. The summed E-state index contributed by atoms with van der Waals surface area (Å²) in [7, 11) is 0. The predicted octanol–water partition coefficient (Wildman–Crippen LogP) is 4.26. The molecule has 0 bridgehead atoms. The van der Waals surface area contributed by atoms with Crippen LogP contribution in [0, 0.1) is 5.82 Å². The third-order valence-electron chi connectivity index (χ3n) is 6.45. The van der Waals surface area contributed by atoms with Crippen LogP contribution >= 0.6 is 11.6 Å². The molecule has 9 heteroatoms. The van der Waals surface area contributed by atoms with Gasteiger partial charge in [-0.25, -0.2) is 9.18 Å². The molecule has 1 saturated heterocycles. The first kappa shape index (κ1) is 24.4. The molecule has 4 rings (SSSR count). The van der Waals surface area contributed by atoms with Crippen molar-refractivity contribution in [2.24, 2.45) is 5.73 Å². The molecule has 34 heavy (non-hydrogen) atoms. The topological polar surface area (TPSA) is 87.9 Å². The Morgan fingerprint density at radius 3 is 2.65 bits per heavy atom. The molecule has 0 aromatic heterocycles. The highest BCUT2D eigenvalue weighted by Crippen LogP contribution is 2.29. The summed E-state index contributed by atoms with van der Waals surface area (Å²) in [6.07, 6.45) is 3.58. The first-order valence-electron chi connectivity index (χ1n) is 11.7. The fourth-order valence-corrected chi connectivity index (χ4v) is 4.76. The number of morpholine rings is 1. The maximum atomic E-state index is 13.9. The number of ether oxygens (including phenoxy) is 1. The number of amides is 3. The number of hydrogen-bond acceptors (Lipinski definition) is 4. The van der Waals surface area contributed by atoms with Crippen LogP contribution in [0.5, 0.6) is 0 Å². The molecule has 2 unspecified atom stereocenters. The lowest BCUT2D eigenvalue weighted by atomic mass is 9.89. The normalized spacial score (nSPS) is 20.6. The van der Waals surface area contributed by atoms with Crippen LogP contribution < -0.4 is 11.1 Å². The molecule has 2 aromatic carbocycles. The smallest absolute Gasteiger partial charge is 0.321 e. The third-order valence-corrected chi connectivity index (χ3v) is 6.82. The van der Waals surface area contributed by atoms with Gasteiger partial charge < -0.3 is 25.6 Å². The SMILES string of the molecule is NC1CCCCC1N(Cc1cc(NC(=O)N2CCOCC2)ccc1Cl)C(=O)c1cccc(F)c1. The van der Waals surface area contributed by atoms with Crippen molar-refractivity contribution < 1.29 is 18.7 Å². The number of nitrogens with one attached hydrogen (secondary N) is 1. The molecule has 182 valence electrons. The number of urea groups is 1. The van der Waals surface area contributed by atoms with Gasteiger partial charge in [-0.05, 0) is 54.8 Å². The van der Waals surface area contributed by atoms with Crippen LogP contribution in [0.15, 0.2) is 42.5 Å². The van der Waals surface area contributed by atoms with Crippen LogP contribution in [0.25, 0.3) is 0 Å². The molecule has 1 heterocycles. The lowest BCUT2D eigenvalue weighted by Crippen LogP contribution is -2.51. The first-order chi connectivity index (χ1) is 16.4. The largest absolute Gasteiger partial charge is 0.378 e. The number of anilines is 1. The number of rotatable bonds is 5. The summed E-state index contributed by atoms with van der Waals surface area (Å²) >= 11 is 6.51. The van der Waals surface area contributed by atoms with E-state index < -0.39 is 5.82 Å². The Morgan fingerprint density at radius 1 is 1.15 bits per heavy atom. The van der Waals surface area contributed by atoms with Crippen LogP contribution in [0.2, 0.25) is 5.02 Å². The van der Waals surface area contributed by atoms with Crippen LogP contribution in [0.1, 0.15) is 41.6 Å². The standard InChI is InChI=1S/C25H30ClFN4O3/c26-21-9-8-20(29-25(33)30-10-12-34-13-11-30)15-18(21)16-31(23-7-2-1-6-22(23)28)24(32)17-4-3-5-19(27)14-17/h3-5,8-9,14-15,22-23H,1-2,6-7,10-13,16,28H2,(H,29,33). The molecule has 2 aliphatic rings. The lowest BCUT2D eigenvalue weighted by Gasteiger charge is -2.38. The van der Waals surface area contributed by atoms with Gasteiger partial charge in [-0.15, -0.1) is 0 Å². The molecule has 7 nitrogen and oxygen atoms in total. The van der Waals surface area contributed by atoms with Crippen molar-refractivity contribution in [1.82, 2.24) is 9.80 Å². The van der Waals surface area contributed by atoms with Crippen molar-refractivity contribution >= 4 is 29.2 Å². The highest BCUT2D eigenvalue weighted by Gasteiger charge is 2.32. The lowest BCUT2D eigenvalue weighted by molar-refractivity contribution is 0.0564. The van der Waals surface area contributed by atoms with Gasteiger partial charge in [0.1, 0.15) is 5.82 Å². The van der Waals surface area contributed by atoms with Gasteiger partial charge in [0.15, 0.2) is 0 Å². The Balaban J connectivity index is 1.58. The van der Waals surface area contributed by atoms with E-state index in [0.29, 0.717) is 42.6 Å². The van der Waals surface area contributed by atoms with E-state index in [-0.39, 0.29) is 36.1 Å². The number of carbonyl (C=O) groups excluding carboxylic acids is 2. The number of hydrogen-bond donors (Lipinski definition) is 2. The van der Waals surface area contributed by atoms with Crippen LogP contribution in [-0.2, 0) is 11.3 Å². The summed E-state index contributed by atoms with van der Waals surface area (Å²) in [5.74, 6) is -0.759. The fraction of sp³-hybridized carbons (Fsp3) is 0.440. The average Bonchev–Trinajstić information content (AvgIpc) is 2.85. The summed E-state index contributed by atoms with van der Waals surface area (Å²) in [5.41, 5.74) is 7.96. The maximum absolute atomic E-state index is 13.9. The zero-order chi connectivity index (χ0) is 24.1. The van der Waals surface area contributed by atoms with Gasteiger partial charge in [0, 0.05) is 48.0 Å². The molecule has 2 atom stereocenters. The third kappa shape index (κ3) is 5.87. The van der Waals surface area contributed by atoms with Crippen LogP contribution in [0.3, 0.4) is 0 Å². The maximum Gasteiger partial charge on any atom is 0.321 e. The number of benzene rings is 2. The quantitative estimate of drug-likeness (QED) is 0.658. The van der Waals surface area contributed by atoms with Crippen molar-refractivity contribution in [2.75, 3.05) is 31.6 Å². The van der Waals surface area contributed by atoms with Gasteiger partial charge in [-0.3, -0.25) is 4.79 Å². The summed E-state index contributed by atoms with van der Waals surface area (Å²) in [5, 5.41) is 3.38. The van der Waals surface area contributed by atoms with E-state index >= 15 is 0 Å². The van der Waals surface area contributed by atoms with E-state index in [2.05, 4.69) is 5.32 Å². The molecule has 1 aliphatic heterocycles. The average molecular weight is 489 g/mol. The second kappa shape index (κ2) is 11.2. The summed E-state index contributed by atoms with van der Waals surface area (Å²) in [4.78, 5) is 29.5. The minimum absolute atomic E-state index is 0.172. The Labute approximate surface area is 204 Å². The highest BCUT2D eigenvalue weighted by atomic mass is 35.5. The van der Waals surface area contributed by atoms with Crippen molar-refractivity contribution in [3.63, 3.8) is 0 Å². The van der Waals surface area contributed by atoms with Crippen LogP contribution in [-0.4, -0.2) is 60.1 Å². The molecular formula is C25H30ClFN4O3. The molecule has 1 saturated carbocycles. The molecule has 0 spiro atoms. The Kier molecular flexibility index (Phi) is 8.03. The number of nitrogens with zero attached hydrogens (tertiary/aromatic N) is 2. The zero-order valence-corrected chi connectivity index (χ0v) is 19.8. The van der Waals surface area contributed by atoms with Crippen LogP contribution in [0.4, 0.5) is 14.9 Å². The van der Waals surface area contributed by atoms with Crippen molar-refractivity contribution in [3.8, 4) is 0 Å². The van der Waals surface area contributed by atoms with E-state index in [0.717, 1.165) is 25.7 Å². The predicted molar refractivity (Wildman–Crippen MR) is 129 cm³/mol. The fourth-order valence-electron chi connectivity index (χ4n) is 4.58. The minimum atomic E-state index is -0.468. The Bertz CT molecular complexity index is 1030. The molecule has 2 fully saturated rings. The minimum Gasteiger partial charge on any atom is -0.378 e. The summed E-state index contributed by atoms with van der Waals surface area (Å²) in [6, 6.07) is 10.3. The second-order valence-corrected chi connectivity index (χ2v) is 9.20. The van der Waals surface area contributed by atoms with E-state index in [1.807, 2.05) is 0 Å². The van der Waals surface area contributed by atoms with E-state index in [4.69, 9.17) is 22.1 Å². The number of halogens is 2. The highest BCUT2D eigenvalue weighted by molar-refractivity contribution is 6.31. The van der Waals surface area contributed by atoms with E-state index in [9.17, 15) is 14.0 Å². The molecular weight excluding hydrogens is 459 g/mol.